The molecule has 2 aromatic rings. The summed E-state index contributed by atoms with van der Waals surface area (Å²) in [6.07, 6.45) is 18.0. The van der Waals surface area contributed by atoms with Crippen LogP contribution in [0.4, 0.5) is 0 Å². The summed E-state index contributed by atoms with van der Waals surface area (Å²) in [5, 5.41) is 0. The Morgan fingerprint density at radius 3 is 1.62 bits per heavy atom. The molecule has 0 saturated carbocycles. The number of hydrogen-bond donors (Lipinski definition) is 2. The molecule has 26 heavy (non-hydrogen) atoms. The van der Waals surface area contributed by atoms with Gasteiger partial charge < -0.3 is 9.97 Å². The van der Waals surface area contributed by atoms with E-state index in [0.29, 0.717) is 0 Å². The first-order valence-electron chi connectivity index (χ1n) is 8.99. The highest BCUT2D eigenvalue weighted by molar-refractivity contribution is 5.85. The Bertz CT molecular complexity index is 978. The molecular formula is C22H20N4. The number of aliphatic imine (C=N–C) groups is 2. The third-order valence-corrected chi connectivity index (χ3v) is 5.35. The average Bonchev–Trinajstić information content (AvgIpc) is 3.40. The minimum Gasteiger partial charge on any atom is -0.358 e. The van der Waals surface area contributed by atoms with E-state index in [2.05, 4.69) is 46.0 Å². The van der Waals surface area contributed by atoms with Gasteiger partial charge >= 0.3 is 0 Å². The van der Waals surface area contributed by atoms with Crippen molar-refractivity contribution in [3.05, 3.63) is 69.6 Å². The second-order valence-corrected chi connectivity index (χ2v) is 6.95. The van der Waals surface area contributed by atoms with Crippen molar-refractivity contribution < 1.29 is 0 Å². The highest BCUT2D eigenvalue weighted by Crippen LogP contribution is 2.41. The Hall–Kier alpha value is -3.14. The SMILES string of the molecule is Cc1c(/C=C2/C=CC=N2)[nH]c2c1-c1c([nH]c(/C=C3\C=CC=N3)c1C)CC2. The highest BCUT2D eigenvalue weighted by Gasteiger charge is 2.26. The topological polar surface area (TPSA) is 56.3 Å². The van der Waals surface area contributed by atoms with Crippen molar-refractivity contribution in [3.8, 4) is 11.1 Å². The lowest BCUT2D eigenvalue weighted by Crippen LogP contribution is -2.02. The van der Waals surface area contributed by atoms with Gasteiger partial charge in [-0.1, -0.05) is 0 Å². The smallest absolute Gasteiger partial charge is 0.0650 e. The van der Waals surface area contributed by atoms with E-state index in [9.17, 15) is 0 Å². The number of nitrogens with zero attached hydrogens (tertiary/aromatic N) is 2. The normalized spacial score (nSPS) is 19.9. The number of aromatic nitrogens is 2. The molecule has 5 rings (SSSR count). The van der Waals surface area contributed by atoms with Crippen molar-refractivity contribution in [1.29, 1.82) is 0 Å². The maximum Gasteiger partial charge on any atom is 0.0650 e. The van der Waals surface area contributed by atoms with Crippen LogP contribution in [0, 0.1) is 13.8 Å². The van der Waals surface area contributed by atoms with Crippen LogP contribution < -0.4 is 0 Å². The summed E-state index contributed by atoms with van der Waals surface area (Å²) in [7, 11) is 0. The molecule has 0 radical (unpaired) electrons. The number of H-pyrrole nitrogens is 2. The van der Waals surface area contributed by atoms with Crippen LogP contribution in [0.5, 0.6) is 0 Å². The maximum atomic E-state index is 4.37. The number of fused-ring (bicyclic) bond motifs is 3. The van der Waals surface area contributed by atoms with Crippen LogP contribution in [0.25, 0.3) is 23.3 Å². The zero-order chi connectivity index (χ0) is 17.7. The molecule has 2 aromatic heterocycles. The predicted molar refractivity (Wildman–Crippen MR) is 109 cm³/mol. The molecule has 4 nitrogen and oxygen atoms in total. The maximum absolute atomic E-state index is 4.37. The lowest BCUT2D eigenvalue weighted by molar-refractivity contribution is 0.881. The Morgan fingerprint density at radius 2 is 1.23 bits per heavy atom. The number of hydrogen-bond acceptors (Lipinski definition) is 2. The van der Waals surface area contributed by atoms with Gasteiger partial charge in [0.05, 0.1) is 11.4 Å². The van der Waals surface area contributed by atoms with E-state index in [1.807, 2.05) is 36.7 Å². The molecule has 0 atom stereocenters. The molecule has 2 N–H and O–H groups in total. The summed E-state index contributed by atoms with van der Waals surface area (Å²) < 4.78 is 0. The Balaban J connectivity index is 1.63. The van der Waals surface area contributed by atoms with Gasteiger partial charge in [0.15, 0.2) is 0 Å². The van der Waals surface area contributed by atoms with Crippen molar-refractivity contribution >= 4 is 24.6 Å². The van der Waals surface area contributed by atoms with Gasteiger partial charge in [-0.2, -0.15) is 0 Å². The number of aryl methyl sites for hydroxylation is 2. The molecule has 0 saturated heterocycles. The number of aromatic amines is 2. The van der Waals surface area contributed by atoms with Gasteiger partial charge in [-0.3, -0.25) is 9.98 Å². The zero-order valence-corrected chi connectivity index (χ0v) is 14.9. The van der Waals surface area contributed by atoms with E-state index < -0.39 is 0 Å². The number of nitrogens with one attached hydrogen (secondary N) is 2. The minimum atomic E-state index is 0.994. The molecule has 0 aromatic carbocycles. The molecule has 2 aliphatic heterocycles. The number of rotatable bonds is 2. The van der Waals surface area contributed by atoms with Crippen molar-refractivity contribution in [2.45, 2.75) is 26.7 Å². The van der Waals surface area contributed by atoms with Crippen LogP contribution in [-0.4, -0.2) is 22.4 Å². The fourth-order valence-corrected chi connectivity index (χ4v) is 4.04. The summed E-state index contributed by atoms with van der Waals surface area (Å²) in [6, 6.07) is 0. The molecule has 4 heterocycles. The fourth-order valence-electron chi connectivity index (χ4n) is 4.04. The highest BCUT2D eigenvalue weighted by atomic mass is 14.8. The lowest BCUT2D eigenvalue weighted by atomic mass is 9.90. The van der Waals surface area contributed by atoms with Crippen LogP contribution in [-0.2, 0) is 12.8 Å². The van der Waals surface area contributed by atoms with E-state index >= 15 is 0 Å². The van der Waals surface area contributed by atoms with Crippen molar-refractivity contribution in [3.63, 3.8) is 0 Å². The van der Waals surface area contributed by atoms with Gasteiger partial charge in [0.25, 0.3) is 0 Å². The largest absolute Gasteiger partial charge is 0.358 e. The van der Waals surface area contributed by atoms with Crippen molar-refractivity contribution in [2.75, 3.05) is 0 Å². The van der Waals surface area contributed by atoms with Crippen LogP contribution in [0.1, 0.15) is 33.9 Å². The fraction of sp³-hybridized carbons (Fsp3) is 0.182. The van der Waals surface area contributed by atoms with Crippen LogP contribution in [0.15, 0.2) is 45.7 Å². The van der Waals surface area contributed by atoms with Gasteiger partial charge in [0.1, 0.15) is 0 Å². The van der Waals surface area contributed by atoms with E-state index in [1.165, 1.54) is 33.6 Å². The van der Waals surface area contributed by atoms with E-state index in [1.54, 1.807) is 0 Å². The monoisotopic (exact) mass is 340 g/mol. The summed E-state index contributed by atoms with van der Waals surface area (Å²) >= 11 is 0. The predicted octanol–water partition coefficient (Wildman–Crippen LogP) is 4.69. The first-order chi connectivity index (χ1) is 12.7. The molecule has 0 spiro atoms. The molecule has 0 fully saturated rings. The Kier molecular flexibility index (Phi) is 3.32. The first-order valence-corrected chi connectivity index (χ1v) is 8.99. The molecule has 0 bridgehead atoms. The second-order valence-electron chi connectivity index (χ2n) is 6.95. The quantitative estimate of drug-likeness (QED) is 0.797. The number of allylic oxidation sites excluding steroid dienone is 4. The molecule has 0 unspecified atom stereocenters. The van der Waals surface area contributed by atoms with Gasteiger partial charge in [-0.15, -0.1) is 0 Å². The summed E-state index contributed by atoms with van der Waals surface area (Å²) in [4.78, 5) is 16.0. The molecule has 1 aliphatic carbocycles. The Morgan fingerprint density at radius 1 is 0.769 bits per heavy atom. The van der Waals surface area contributed by atoms with Crippen LogP contribution >= 0.6 is 0 Å². The van der Waals surface area contributed by atoms with E-state index in [-0.39, 0.29) is 0 Å². The minimum absolute atomic E-state index is 0.994. The molecule has 0 amide bonds. The van der Waals surface area contributed by atoms with Crippen LogP contribution in [0.2, 0.25) is 0 Å². The van der Waals surface area contributed by atoms with Gasteiger partial charge in [-0.25, -0.2) is 0 Å². The Labute approximate surface area is 152 Å². The van der Waals surface area contributed by atoms with E-state index in [4.69, 9.17) is 0 Å². The standard InChI is InChI=1S/C22H20N4/c1-13-19(11-15-5-3-9-23-15)25-17-7-8-18-22(21(13)17)14(2)20(26-18)12-16-6-4-10-24-16/h3-6,9-12,25-26H,7-8H2,1-2H3/b15-11-,16-12+. The second kappa shape index (κ2) is 5.70. The van der Waals surface area contributed by atoms with Gasteiger partial charge in [0, 0.05) is 46.3 Å². The average molecular weight is 340 g/mol. The van der Waals surface area contributed by atoms with Crippen LogP contribution in [0.3, 0.4) is 0 Å². The summed E-state index contributed by atoms with van der Waals surface area (Å²) in [5.74, 6) is 0. The molecular weight excluding hydrogens is 320 g/mol. The van der Waals surface area contributed by atoms with Gasteiger partial charge in [0.2, 0.25) is 0 Å². The summed E-state index contributed by atoms with van der Waals surface area (Å²) in [6.45, 7) is 4.40. The van der Waals surface area contributed by atoms with Gasteiger partial charge in [-0.05, 0) is 74.3 Å². The first kappa shape index (κ1) is 15.1. The summed E-state index contributed by atoms with van der Waals surface area (Å²) in [5.41, 5.74) is 12.3. The zero-order valence-electron chi connectivity index (χ0n) is 14.9. The van der Waals surface area contributed by atoms with Crippen molar-refractivity contribution in [1.82, 2.24) is 9.97 Å². The third-order valence-electron chi connectivity index (χ3n) is 5.35. The lowest BCUT2D eigenvalue weighted by Gasteiger charge is -2.14. The van der Waals surface area contributed by atoms with Crippen molar-refractivity contribution in [2.24, 2.45) is 9.98 Å². The third kappa shape index (κ3) is 2.30. The van der Waals surface area contributed by atoms with E-state index in [0.717, 1.165) is 35.6 Å². The molecule has 128 valence electrons. The molecule has 3 aliphatic rings. The molecule has 4 heteroatoms.